The van der Waals surface area contributed by atoms with E-state index in [-0.39, 0.29) is 11.6 Å². The van der Waals surface area contributed by atoms with Gasteiger partial charge in [-0.2, -0.15) is 0 Å². The van der Waals surface area contributed by atoms with Crippen molar-refractivity contribution in [2.24, 2.45) is 5.73 Å². The number of hydrogen-bond acceptors (Lipinski definition) is 3. The van der Waals surface area contributed by atoms with Crippen molar-refractivity contribution in [1.82, 2.24) is 0 Å². The van der Waals surface area contributed by atoms with E-state index in [9.17, 15) is 4.39 Å². The van der Waals surface area contributed by atoms with Gasteiger partial charge >= 0.3 is 0 Å². The zero-order valence-corrected chi connectivity index (χ0v) is 15.2. The number of anilines is 1. The van der Waals surface area contributed by atoms with Gasteiger partial charge in [0.05, 0.1) is 0 Å². The predicted molar refractivity (Wildman–Crippen MR) is 102 cm³/mol. The normalized spacial score (nSPS) is 12.2. The Morgan fingerprint density at radius 3 is 2.56 bits per heavy atom. The van der Waals surface area contributed by atoms with Crippen LogP contribution in [0.3, 0.4) is 0 Å². The second kappa shape index (κ2) is 8.38. The second-order valence-corrected chi connectivity index (χ2v) is 6.00. The minimum absolute atomic E-state index is 0.211. The van der Waals surface area contributed by atoms with Crippen molar-refractivity contribution in [2.45, 2.75) is 27.2 Å². The molecule has 0 amide bonds. The summed E-state index contributed by atoms with van der Waals surface area (Å²) in [6.07, 6.45) is 4.92. The summed E-state index contributed by atoms with van der Waals surface area (Å²) in [6.45, 7) is 6.16. The van der Waals surface area contributed by atoms with E-state index in [0.717, 1.165) is 17.7 Å². The molecule has 0 bridgehead atoms. The molecular formula is C21H25FN2O. The largest absolute Gasteiger partial charge is 0.454 e. The van der Waals surface area contributed by atoms with Gasteiger partial charge in [0.1, 0.15) is 11.6 Å². The Labute approximate surface area is 149 Å². The maximum absolute atomic E-state index is 13.7. The maximum atomic E-state index is 13.7. The van der Waals surface area contributed by atoms with Crippen molar-refractivity contribution in [3.63, 3.8) is 0 Å². The standard InChI is InChI=1S/C21H25FN2O/c1-5-15(2)10-13-21(23)24(4)19-12-11-17(14-16(19)3)25-20-9-7-6-8-18(20)22/h6-14H,5,23H2,1-4H3/b15-10+,21-13-. The Bertz CT molecular complexity index is 796. The summed E-state index contributed by atoms with van der Waals surface area (Å²) in [4.78, 5) is 1.92. The lowest BCUT2D eigenvalue weighted by Crippen LogP contribution is -2.23. The summed E-state index contributed by atoms with van der Waals surface area (Å²) in [6, 6.07) is 12.0. The number of rotatable bonds is 6. The summed E-state index contributed by atoms with van der Waals surface area (Å²) < 4.78 is 19.3. The monoisotopic (exact) mass is 340 g/mol. The molecule has 2 aromatic rings. The molecule has 2 rings (SSSR count). The molecule has 25 heavy (non-hydrogen) atoms. The van der Waals surface area contributed by atoms with E-state index in [1.54, 1.807) is 18.2 Å². The molecule has 0 fully saturated rings. The minimum atomic E-state index is -0.383. The predicted octanol–water partition coefficient (Wildman–Crippen LogP) is 5.52. The van der Waals surface area contributed by atoms with Crippen molar-refractivity contribution in [2.75, 3.05) is 11.9 Å². The lowest BCUT2D eigenvalue weighted by molar-refractivity contribution is 0.442. The first-order chi connectivity index (χ1) is 11.9. The van der Waals surface area contributed by atoms with Crippen LogP contribution in [0.5, 0.6) is 11.5 Å². The van der Waals surface area contributed by atoms with Crippen molar-refractivity contribution < 1.29 is 9.13 Å². The van der Waals surface area contributed by atoms with E-state index in [4.69, 9.17) is 10.5 Å². The van der Waals surface area contributed by atoms with E-state index in [2.05, 4.69) is 13.8 Å². The van der Waals surface area contributed by atoms with Crippen molar-refractivity contribution in [3.8, 4) is 11.5 Å². The lowest BCUT2D eigenvalue weighted by atomic mass is 10.1. The summed E-state index contributed by atoms with van der Waals surface area (Å²) in [5.41, 5.74) is 9.39. The summed E-state index contributed by atoms with van der Waals surface area (Å²) >= 11 is 0. The number of hydrogen-bond donors (Lipinski definition) is 1. The van der Waals surface area contributed by atoms with Gasteiger partial charge in [-0.3, -0.25) is 0 Å². The fraction of sp³-hybridized carbons (Fsp3) is 0.238. The molecule has 0 atom stereocenters. The molecule has 0 aliphatic carbocycles. The Balaban J connectivity index is 2.20. The van der Waals surface area contributed by atoms with E-state index in [0.29, 0.717) is 11.6 Å². The van der Waals surface area contributed by atoms with Gasteiger partial charge in [0.2, 0.25) is 0 Å². The molecule has 0 aromatic heterocycles. The Kier molecular flexibility index (Phi) is 6.23. The van der Waals surface area contributed by atoms with Gasteiger partial charge < -0.3 is 15.4 Å². The maximum Gasteiger partial charge on any atom is 0.165 e. The number of para-hydroxylation sites is 1. The topological polar surface area (TPSA) is 38.5 Å². The molecule has 4 heteroatoms. The van der Waals surface area contributed by atoms with Crippen molar-refractivity contribution >= 4 is 5.69 Å². The third-order valence-corrected chi connectivity index (χ3v) is 4.08. The number of halogens is 1. The van der Waals surface area contributed by atoms with Crippen LogP contribution in [0.2, 0.25) is 0 Å². The second-order valence-electron chi connectivity index (χ2n) is 6.00. The fourth-order valence-corrected chi connectivity index (χ4v) is 2.32. The average molecular weight is 340 g/mol. The Morgan fingerprint density at radius 1 is 1.20 bits per heavy atom. The summed E-state index contributed by atoms with van der Waals surface area (Å²) in [5.74, 6) is 1.07. The zero-order chi connectivity index (χ0) is 18.4. The first-order valence-electron chi connectivity index (χ1n) is 8.32. The molecule has 0 unspecified atom stereocenters. The van der Waals surface area contributed by atoms with Gasteiger partial charge in [0.25, 0.3) is 0 Å². The summed E-state index contributed by atoms with van der Waals surface area (Å²) in [5, 5.41) is 0. The van der Waals surface area contributed by atoms with Crippen LogP contribution in [0, 0.1) is 12.7 Å². The summed E-state index contributed by atoms with van der Waals surface area (Å²) in [7, 11) is 1.92. The van der Waals surface area contributed by atoms with Gasteiger partial charge in [0, 0.05) is 12.7 Å². The van der Waals surface area contributed by atoms with Crippen molar-refractivity contribution in [1.29, 1.82) is 0 Å². The van der Waals surface area contributed by atoms with Gasteiger partial charge in [-0.05, 0) is 62.2 Å². The molecule has 0 saturated carbocycles. The highest BCUT2D eigenvalue weighted by Crippen LogP contribution is 2.29. The van der Waals surface area contributed by atoms with Crippen molar-refractivity contribution in [3.05, 3.63) is 77.4 Å². The number of benzene rings is 2. The molecule has 132 valence electrons. The Morgan fingerprint density at radius 2 is 1.92 bits per heavy atom. The molecule has 0 aliphatic heterocycles. The molecule has 0 heterocycles. The number of nitrogens with two attached hydrogens (primary N) is 1. The van der Waals surface area contributed by atoms with Crippen LogP contribution >= 0.6 is 0 Å². The van der Waals surface area contributed by atoms with Crippen LogP contribution in [0.1, 0.15) is 25.8 Å². The Hall–Kier alpha value is -2.75. The van der Waals surface area contributed by atoms with Gasteiger partial charge in [0.15, 0.2) is 11.6 Å². The van der Waals surface area contributed by atoms with Gasteiger partial charge in [-0.25, -0.2) is 4.39 Å². The SMILES string of the molecule is CC/C(C)=C/C=C(/N)N(C)c1ccc(Oc2ccccc2F)cc1C. The quantitative estimate of drug-likeness (QED) is 0.704. The molecule has 0 saturated heterocycles. The van der Waals surface area contributed by atoms with Gasteiger partial charge in [-0.15, -0.1) is 0 Å². The molecule has 3 nitrogen and oxygen atoms in total. The van der Waals surface area contributed by atoms with Crippen LogP contribution in [-0.2, 0) is 0 Å². The number of ether oxygens (including phenoxy) is 1. The third kappa shape index (κ3) is 4.86. The van der Waals surface area contributed by atoms with Crippen LogP contribution < -0.4 is 15.4 Å². The molecular weight excluding hydrogens is 315 g/mol. The van der Waals surface area contributed by atoms with E-state index < -0.39 is 0 Å². The molecule has 2 aromatic carbocycles. The third-order valence-electron chi connectivity index (χ3n) is 4.08. The molecule has 0 radical (unpaired) electrons. The van der Waals surface area contributed by atoms with Crippen LogP contribution in [0.4, 0.5) is 10.1 Å². The highest BCUT2D eigenvalue weighted by atomic mass is 19.1. The van der Waals surface area contributed by atoms with E-state index in [1.807, 2.05) is 49.2 Å². The zero-order valence-electron chi connectivity index (χ0n) is 15.2. The molecule has 0 spiro atoms. The number of nitrogens with zero attached hydrogens (tertiary/aromatic N) is 1. The first-order valence-corrected chi connectivity index (χ1v) is 8.32. The highest BCUT2D eigenvalue weighted by molar-refractivity contribution is 5.59. The van der Waals surface area contributed by atoms with E-state index in [1.165, 1.54) is 11.6 Å². The fourth-order valence-electron chi connectivity index (χ4n) is 2.32. The van der Waals surface area contributed by atoms with Crippen LogP contribution in [-0.4, -0.2) is 7.05 Å². The first kappa shape index (κ1) is 18.6. The molecule has 0 aliphatic rings. The van der Waals surface area contributed by atoms with E-state index >= 15 is 0 Å². The van der Waals surface area contributed by atoms with Gasteiger partial charge in [-0.1, -0.05) is 30.7 Å². The number of allylic oxidation sites excluding steroid dienone is 3. The van der Waals surface area contributed by atoms with Crippen LogP contribution in [0.15, 0.2) is 66.0 Å². The minimum Gasteiger partial charge on any atom is -0.454 e. The van der Waals surface area contributed by atoms with Crippen LogP contribution in [0.25, 0.3) is 0 Å². The average Bonchev–Trinajstić information content (AvgIpc) is 2.61. The lowest BCUT2D eigenvalue weighted by Gasteiger charge is -2.22. The highest BCUT2D eigenvalue weighted by Gasteiger charge is 2.09. The molecule has 2 N–H and O–H groups in total. The number of aryl methyl sites for hydroxylation is 1. The smallest absolute Gasteiger partial charge is 0.165 e.